The summed E-state index contributed by atoms with van der Waals surface area (Å²) in [6.07, 6.45) is 1.77. The number of nitrogens with zero attached hydrogens (tertiary/aromatic N) is 2. The average Bonchev–Trinajstić information content (AvgIpc) is 2.93. The Hall–Kier alpha value is -2.33. The highest BCUT2D eigenvalue weighted by molar-refractivity contribution is 6.30. The van der Waals surface area contributed by atoms with Crippen molar-refractivity contribution >= 4 is 23.8 Å². The molecule has 1 fully saturated rings. The average molecular weight is 537 g/mol. The molecule has 0 radical (unpaired) electrons. The summed E-state index contributed by atoms with van der Waals surface area (Å²) in [5.41, 5.74) is 2.62. The minimum atomic E-state index is -0.125. The largest absolute Gasteiger partial charge is 0.394 e. The quantitative estimate of drug-likeness (QED) is 0.354. The van der Waals surface area contributed by atoms with Crippen molar-refractivity contribution in [3.05, 3.63) is 70.2 Å². The molecule has 1 amide bonds. The summed E-state index contributed by atoms with van der Waals surface area (Å²) in [6, 6.07) is 14.8. The molecular formula is C28H41ClN2O6. The molecular weight excluding hydrogens is 496 g/mol. The Morgan fingerprint density at radius 2 is 1.49 bits per heavy atom. The van der Waals surface area contributed by atoms with E-state index in [1.165, 1.54) is 5.56 Å². The molecule has 2 aromatic carbocycles. The van der Waals surface area contributed by atoms with E-state index in [1.807, 2.05) is 49.9 Å². The van der Waals surface area contributed by atoms with E-state index >= 15 is 0 Å². The first-order chi connectivity index (χ1) is 17.9. The van der Waals surface area contributed by atoms with Gasteiger partial charge in [0.2, 0.25) is 0 Å². The molecule has 8 nitrogen and oxygen atoms in total. The molecule has 2 N–H and O–H groups in total. The lowest BCUT2D eigenvalue weighted by atomic mass is 10.1. The minimum absolute atomic E-state index is 0.0370. The van der Waals surface area contributed by atoms with E-state index in [0.29, 0.717) is 16.1 Å². The van der Waals surface area contributed by atoms with Gasteiger partial charge in [-0.15, -0.1) is 0 Å². The Kier molecular flexibility index (Phi) is 17.4. The first-order valence-electron chi connectivity index (χ1n) is 12.6. The van der Waals surface area contributed by atoms with Crippen LogP contribution in [-0.4, -0.2) is 97.6 Å². The Morgan fingerprint density at radius 3 is 1.95 bits per heavy atom. The monoisotopic (exact) mass is 536 g/mol. The molecule has 1 saturated heterocycles. The van der Waals surface area contributed by atoms with Crippen LogP contribution >= 0.6 is 11.6 Å². The smallest absolute Gasteiger partial charge is 0.253 e. The molecule has 0 unspecified atom stereocenters. The highest BCUT2D eigenvalue weighted by atomic mass is 35.5. The number of carbonyl (C=O) groups excluding carboxylic acids is 2. The lowest BCUT2D eigenvalue weighted by molar-refractivity contribution is -0.123. The van der Waals surface area contributed by atoms with Gasteiger partial charge in [-0.1, -0.05) is 35.9 Å². The Labute approximate surface area is 225 Å². The van der Waals surface area contributed by atoms with Crippen LogP contribution in [0.5, 0.6) is 0 Å². The van der Waals surface area contributed by atoms with Crippen LogP contribution in [0.1, 0.15) is 47.1 Å². The van der Waals surface area contributed by atoms with Crippen molar-refractivity contribution < 1.29 is 29.3 Å². The predicted molar refractivity (Wildman–Crippen MR) is 146 cm³/mol. The molecule has 3 rings (SSSR count). The van der Waals surface area contributed by atoms with E-state index in [2.05, 4.69) is 4.90 Å². The van der Waals surface area contributed by atoms with E-state index < -0.39 is 0 Å². The van der Waals surface area contributed by atoms with Crippen molar-refractivity contribution in [3.63, 3.8) is 0 Å². The highest BCUT2D eigenvalue weighted by Gasteiger charge is 2.21. The van der Waals surface area contributed by atoms with Crippen LogP contribution in [0.15, 0.2) is 48.5 Å². The third kappa shape index (κ3) is 13.7. The zero-order chi connectivity index (χ0) is 27.5. The van der Waals surface area contributed by atoms with E-state index in [1.54, 1.807) is 24.3 Å². The number of halogens is 1. The van der Waals surface area contributed by atoms with Gasteiger partial charge in [-0.2, -0.15) is 0 Å². The maximum absolute atomic E-state index is 12.5. The van der Waals surface area contributed by atoms with Gasteiger partial charge in [0, 0.05) is 62.1 Å². The van der Waals surface area contributed by atoms with Crippen molar-refractivity contribution in [2.75, 3.05) is 59.2 Å². The van der Waals surface area contributed by atoms with Crippen molar-refractivity contribution in [2.24, 2.45) is 0 Å². The van der Waals surface area contributed by atoms with Crippen LogP contribution in [0.25, 0.3) is 0 Å². The molecule has 206 valence electrons. The van der Waals surface area contributed by atoms with E-state index in [4.69, 9.17) is 31.3 Å². The molecule has 0 atom stereocenters. The third-order valence-corrected chi connectivity index (χ3v) is 5.74. The molecule has 0 bridgehead atoms. The van der Waals surface area contributed by atoms with Crippen LogP contribution in [0.3, 0.4) is 0 Å². The second-order valence-electron chi connectivity index (χ2n) is 8.18. The number of piperazine rings is 1. The van der Waals surface area contributed by atoms with Gasteiger partial charge in [-0.25, -0.2) is 0 Å². The number of rotatable bonds is 10. The van der Waals surface area contributed by atoms with Crippen LogP contribution in [0.4, 0.5) is 0 Å². The molecule has 37 heavy (non-hydrogen) atoms. The highest BCUT2D eigenvalue weighted by Crippen LogP contribution is 2.13. The SMILES string of the molecule is CCOC(C)OCC.O=Cc1ccc(CCN2CCN(C(=O)c3ccc(Cl)cc3)CC2)cc1.OCCO. The van der Waals surface area contributed by atoms with E-state index in [0.717, 1.165) is 58.6 Å². The normalized spacial score (nSPS) is 13.3. The fourth-order valence-corrected chi connectivity index (χ4v) is 3.64. The van der Waals surface area contributed by atoms with Crippen LogP contribution in [0, 0.1) is 0 Å². The number of benzene rings is 2. The number of hydrogen-bond acceptors (Lipinski definition) is 7. The summed E-state index contributed by atoms with van der Waals surface area (Å²) in [6.45, 7) is 11.2. The van der Waals surface area contributed by atoms with Gasteiger partial charge in [0.05, 0.1) is 13.2 Å². The molecule has 0 aliphatic carbocycles. The number of aliphatic hydroxyl groups excluding tert-OH is 2. The maximum atomic E-state index is 12.5. The van der Waals surface area contributed by atoms with Crippen molar-refractivity contribution in [1.82, 2.24) is 9.80 Å². The van der Waals surface area contributed by atoms with Gasteiger partial charge >= 0.3 is 0 Å². The fraction of sp³-hybridized carbons (Fsp3) is 0.500. The topological polar surface area (TPSA) is 99.5 Å². The van der Waals surface area contributed by atoms with Crippen LogP contribution in [-0.2, 0) is 15.9 Å². The summed E-state index contributed by atoms with van der Waals surface area (Å²) >= 11 is 5.87. The minimum Gasteiger partial charge on any atom is -0.394 e. The number of amides is 1. The number of carbonyl (C=O) groups is 2. The van der Waals surface area contributed by atoms with E-state index in [-0.39, 0.29) is 25.4 Å². The molecule has 1 aliphatic rings. The number of aliphatic hydroxyl groups is 2. The molecule has 1 aliphatic heterocycles. The maximum Gasteiger partial charge on any atom is 0.253 e. The summed E-state index contributed by atoms with van der Waals surface area (Å²) in [4.78, 5) is 27.4. The Balaban J connectivity index is 0.000000478. The van der Waals surface area contributed by atoms with E-state index in [9.17, 15) is 9.59 Å². The molecule has 0 saturated carbocycles. The fourth-order valence-electron chi connectivity index (χ4n) is 3.52. The first-order valence-corrected chi connectivity index (χ1v) is 13.0. The lowest BCUT2D eigenvalue weighted by Crippen LogP contribution is -2.49. The second-order valence-corrected chi connectivity index (χ2v) is 8.61. The molecule has 0 spiro atoms. The van der Waals surface area contributed by atoms with Gasteiger partial charge in [0.1, 0.15) is 6.29 Å². The van der Waals surface area contributed by atoms with Crippen molar-refractivity contribution in [2.45, 2.75) is 33.5 Å². The number of aldehydes is 1. The van der Waals surface area contributed by atoms with Crippen molar-refractivity contribution in [3.8, 4) is 0 Å². The van der Waals surface area contributed by atoms with Gasteiger partial charge in [0.15, 0.2) is 6.29 Å². The molecule has 9 heteroatoms. The number of ether oxygens (including phenoxy) is 2. The third-order valence-electron chi connectivity index (χ3n) is 5.49. The van der Waals surface area contributed by atoms with Gasteiger partial charge < -0.3 is 24.6 Å². The summed E-state index contributed by atoms with van der Waals surface area (Å²) in [5.74, 6) is 0.0702. The predicted octanol–water partition coefficient (Wildman–Crippen LogP) is 3.53. The summed E-state index contributed by atoms with van der Waals surface area (Å²) in [5, 5.41) is 15.9. The molecule has 1 heterocycles. The Morgan fingerprint density at radius 1 is 0.946 bits per heavy atom. The van der Waals surface area contributed by atoms with Crippen molar-refractivity contribution in [1.29, 1.82) is 0 Å². The lowest BCUT2D eigenvalue weighted by Gasteiger charge is -2.34. The molecule has 2 aromatic rings. The number of hydrogen-bond donors (Lipinski definition) is 2. The first kappa shape index (κ1) is 32.7. The molecule has 0 aromatic heterocycles. The van der Waals surface area contributed by atoms with Crippen LogP contribution < -0.4 is 0 Å². The summed E-state index contributed by atoms with van der Waals surface area (Å²) < 4.78 is 10.1. The zero-order valence-electron chi connectivity index (χ0n) is 22.1. The van der Waals surface area contributed by atoms with Gasteiger partial charge in [-0.3, -0.25) is 14.5 Å². The Bertz CT molecular complexity index is 863. The van der Waals surface area contributed by atoms with Gasteiger partial charge in [0.25, 0.3) is 5.91 Å². The summed E-state index contributed by atoms with van der Waals surface area (Å²) in [7, 11) is 0. The van der Waals surface area contributed by atoms with Gasteiger partial charge in [-0.05, 0) is 57.0 Å². The second kappa shape index (κ2) is 19.7. The zero-order valence-corrected chi connectivity index (χ0v) is 22.9. The standard InChI is InChI=1S/C20H21ClN2O2.C6H14O2.C2H6O2/c21-19-7-5-18(6-8-19)20(25)23-13-11-22(12-14-23)10-9-16-1-3-17(15-24)4-2-16;1-4-7-6(3)8-5-2;3-1-2-4/h1-8,15H,9-14H2;6H,4-5H2,1-3H3;3-4H,1-2H2. The van der Waals surface area contributed by atoms with Crippen LogP contribution in [0.2, 0.25) is 5.02 Å².